The minimum atomic E-state index is -0.131. The molecule has 0 radical (unpaired) electrons. The Bertz CT molecular complexity index is 326. The van der Waals surface area contributed by atoms with Crippen LogP contribution in [-0.2, 0) is 13.1 Å². The minimum Gasteiger partial charge on any atom is -0.393 e. The van der Waals surface area contributed by atoms with Gasteiger partial charge in [-0.1, -0.05) is 6.92 Å². The Labute approximate surface area is 96.1 Å². The first kappa shape index (κ1) is 11.5. The van der Waals surface area contributed by atoms with Gasteiger partial charge in [-0.15, -0.1) is 10.2 Å². The van der Waals surface area contributed by atoms with Crippen LogP contribution in [0.1, 0.15) is 32.0 Å². The van der Waals surface area contributed by atoms with Gasteiger partial charge in [0.05, 0.1) is 12.6 Å². The Hall–Kier alpha value is -0.940. The van der Waals surface area contributed by atoms with E-state index in [-0.39, 0.29) is 6.10 Å². The van der Waals surface area contributed by atoms with Gasteiger partial charge >= 0.3 is 0 Å². The van der Waals surface area contributed by atoms with E-state index in [1.54, 1.807) is 6.33 Å². The van der Waals surface area contributed by atoms with Crippen molar-refractivity contribution in [1.82, 2.24) is 19.7 Å². The van der Waals surface area contributed by atoms with Crippen LogP contribution in [-0.4, -0.2) is 44.0 Å². The van der Waals surface area contributed by atoms with Crippen molar-refractivity contribution < 1.29 is 5.11 Å². The fourth-order valence-electron chi connectivity index (χ4n) is 2.06. The van der Waals surface area contributed by atoms with E-state index in [2.05, 4.69) is 19.7 Å². The van der Waals surface area contributed by atoms with Gasteiger partial charge in [-0.05, 0) is 25.8 Å². The molecule has 1 aliphatic rings. The molecule has 90 valence electrons. The maximum absolute atomic E-state index is 9.47. The molecule has 2 rings (SSSR count). The Balaban J connectivity index is 1.73. The van der Waals surface area contributed by atoms with Crippen molar-refractivity contribution >= 4 is 0 Å². The summed E-state index contributed by atoms with van der Waals surface area (Å²) in [5.41, 5.74) is 0. The zero-order chi connectivity index (χ0) is 11.4. The summed E-state index contributed by atoms with van der Waals surface area (Å²) >= 11 is 0. The fourth-order valence-corrected chi connectivity index (χ4v) is 2.06. The lowest BCUT2D eigenvalue weighted by Crippen LogP contribution is -2.34. The number of aliphatic hydroxyl groups is 1. The highest BCUT2D eigenvalue weighted by molar-refractivity contribution is 4.89. The van der Waals surface area contributed by atoms with E-state index in [1.807, 2.05) is 6.92 Å². The van der Waals surface area contributed by atoms with Gasteiger partial charge in [-0.2, -0.15) is 0 Å². The third-order valence-electron chi connectivity index (χ3n) is 3.20. The van der Waals surface area contributed by atoms with Crippen LogP contribution in [0.3, 0.4) is 0 Å². The summed E-state index contributed by atoms with van der Waals surface area (Å²) in [6, 6.07) is 0. The second-order valence-electron chi connectivity index (χ2n) is 4.42. The smallest absolute Gasteiger partial charge is 0.147 e. The molecule has 0 amide bonds. The maximum Gasteiger partial charge on any atom is 0.147 e. The van der Waals surface area contributed by atoms with Crippen LogP contribution in [0.25, 0.3) is 0 Å². The predicted molar refractivity (Wildman–Crippen MR) is 60.8 cm³/mol. The van der Waals surface area contributed by atoms with Gasteiger partial charge in [0.1, 0.15) is 12.2 Å². The van der Waals surface area contributed by atoms with Crippen LogP contribution in [0.5, 0.6) is 0 Å². The molecule has 0 saturated heterocycles. The van der Waals surface area contributed by atoms with Crippen LogP contribution in [0.4, 0.5) is 0 Å². The highest BCUT2D eigenvalue weighted by atomic mass is 16.3. The normalized spacial score (nSPS) is 18.4. The van der Waals surface area contributed by atoms with E-state index in [0.29, 0.717) is 0 Å². The van der Waals surface area contributed by atoms with Gasteiger partial charge in [-0.25, -0.2) is 0 Å². The second-order valence-corrected chi connectivity index (χ2v) is 4.42. The van der Waals surface area contributed by atoms with Crippen molar-refractivity contribution in [2.24, 2.45) is 0 Å². The van der Waals surface area contributed by atoms with E-state index in [4.69, 9.17) is 0 Å². The van der Waals surface area contributed by atoms with Crippen molar-refractivity contribution in [3.05, 3.63) is 12.2 Å². The number of aromatic nitrogens is 3. The monoisotopic (exact) mass is 224 g/mol. The fraction of sp³-hybridized carbons (Fsp3) is 0.818. The SMILES string of the molecule is CCC(O)CCCN1CCn2cnnc2C1. The molecule has 5 nitrogen and oxygen atoms in total. The topological polar surface area (TPSA) is 54.2 Å². The van der Waals surface area contributed by atoms with Crippen molar-refractivity contribution in [2.45, 2.75) is 45.4 Å². The first-order valence-corrected chi connectivity index (χ1v) is 6.06. The molecule has 1 aromatic heterocycles. The maximum atomic E-state index is 9.47. The average molecular weight is 224 g/mol. The molecule has 0 fully saturated rings. The molecule has 0 bridgehead atoms. The van der Waals surface area contributed by atoms with Gasteiger partial charge in [0, 0.05) is 13.1 Å². The molecule has 0 aliphatic carbocycles. The van der Waals surface area contributed by atoms with Crippen molar-refractivity contribution in [3.63, 3.8) is 0 Å². The third kappa shape index (κ3) is 2.80. The lowest BCUT2D eigenvalue weighted by molar-refractivity contribution is 0.143. The first-order chi connectivity index (χ1) is 7.79. The van der Waals surface area contributed by atoms with Crippen LogP contribution >= 0.6 is 0 Å². The molecule has 1 aromatic rings. The quantitative estimate of drug-likeness (QED) is 0.797. The average Bonchev–Trinajstić information content (AvgIpc) is 2.76. The van der Waals surface area contributed by atoms with E-state index >= 15 is 0 Å². The van der Waals surface area contributed by atoms with Crippen LogP contribution in [0, 0.1) is 0 Å². The molecule has 1 atom stereocenters. The molecular weight excluding hydrogens is 204 g/mol. The Morgan fingerprint density at radius 1 is 1.50 bits per heavy atom. The summed E-state index contributed by atoms with van der Waals surface area (Å²) in [5.74, 6) is 1.06. The predicted octanol–water partition coefficient (Wildman–Crippen LogP) is 0.645. The highest BCUT2D eigenvalue weighted by Crippen LogP contribution is 2.10. The molecule has 16 heavy (non-hydrogen) atoms. The van der Waals surface area contributed by atoms with Crippen LogP contribution < -0.4 is 0 Å². The molecule has 1 aliphatic heterocycles. The molecule has 5 heteroatoms. The lowest BCUT2D eigenvalue weighted by atomic mass is 10.1. The molecule has 2 heterocycles. The lowest BCUT2D eigenvalue weighted by Gasteiger charge is -2.26. The Kier molecular flexibility index (Phi) is 3.90. The molecule has 0 spiro atoms. The highest BCUT2D eigenvalue weighted by Gasteiger charge is 2.16. The zero-order valence-corrected chi connectivity index (χ0v) is 9.84. The summed E-state index contributed by atoms with van der Waals surface area (Å²) in [6.07, 6.45) is 4.48. The van der Waals surface area contributed by atoms with E-state index < -0.39 is 0 Å². The van der Waals surface area contributed by atoms with Gasteiger partial charge in [0.25, 0.3) is 0 Å². The minimum absolute atomic E-state index is 0.131. The number of hydrogen-bond donors (Lipinski definition) is 1. The zero-order valence-electron chi connectivity index (χ0n) is 9.84. The summed E-state index contributed by atoms with van der Waals surface area (Å²) in [7, 11) is 0. The molecule has 0 aromatic carbocycles. The Morgan fingerprint density at radius 3 is 3.19 bits per heavy atom. The molecule has 1 unspecified atom stereocenters. The van der Waals surface area contributed by atoms with Gasteiger partial charge in [-0.3, -0.25) is 4.90 Å². The van der Waals surface area contributed by atoms with Crippen LogP contribution in [0.15, 0.2) is 6.33 Å². The van der Waals surface area contributed by atoms with Crippen molar-refractivity contribution in [3.8, 4) is 0 Å². The Morgan fingerprint density at radius 2 is 2.38 bits per heavy atom. The van der Waals surface area contributed by atoms with E-state index in [1.165, 1.54) is 0 Å². The summed E-state index contributed by atoms with van der Waals surface area (Å²) in [4.78, 5) is 2.38. The van der Waals surface area contributed by atoms with Gasteiger partial charge in [0.15, 0.2) is 0 Å². The van der Waals surface area contributed by atoms with E-state index in [9.17, 15) is 5.11 Å². The summed E-state index contributed by atoms with van der Waals surface area (Å²) < 4.78 is 2.11. The standard InChI is InChI=1S/C11H20N4O/c1-2-10(16)4-3-5-14-6-7-15-9-12-13-11(15)8-14/h9-10,16H,2-8H2,1H3. The number of nitrogens with zero attached hydrogens (tertiary/aromatic N) is 4. The molecule has 1 N–H and O–H groups in total. The van der Waals surface area contributed by atoms with Crippen LogP contribution in [0.2, 0.25) is 0 Å². The van der Waals surface area contributed by atoms with Crippen molar-refractivity contribution in [1.29, 1.82) is 0 Å². The van der Waals surface area contributed by atoms with E-state index in [0.717, 1.165) is 51.3 Å². The largest absolute Gasteiger partial charge is 0.393 e. The molecule has 0 saturated carbocycles. The number of rotatable bonds is 5. The van der Waals surface area contributed by atoms with Crippen molar-refractivity contribution in [2.75, 3.05) is 13.1 Å². The molecular formula is C11H20N4O. The summed E-state index contributed by atoms with van der Waals surface area (Å²) in [6.45, 7) is 6.01. The third-order valence-corrected chi connectivity index (χ3v) is 3.20. The summed E-state index contributed by atoms with van der Waals surface area (Å²) in [5, 5.41) is 17.5. The first-order valence-electron chi connectivity index (χ1n) is 6.06. The van der Waals surface area contributed by atoms with Gasteiger partial charge in [0.2, 0.25) is 0 Å². The number of hydrogen-bond acceptors (Lipinski definition) is 4. The second kappa shape index (κ2) is 5.41. The number of fused-ring (bicyclic) bond motifs is 1. The number of aliphatic hydroxyl groups excluding tert-OH is 1. The van der Waals surface area contributed by atoms with Gasteiger partial charge < -0.3 is 9.67 Å².